The molecule has 2 unspecified atom stereocenters. The fourth-order valence-electron chi connectivity index (χ4n) is 2.25. The van der Waals surface area contributed by atoms with Gasteiger partial charge in [-0.3, -0.25) is 4.99 Å². The predicted octanol–water partition coefficient (Wildman–Crippen LogP) is 0.222. The first-order chi connectivity index (χ1) is 7.30. The van der Waals surface area contributed by atoms with Gasteiger partial charge in [-0.15, -0.1) is 0 Å². The zero-order valence-electron chi connectivity index (χ0n) is 9.03. The van der Waals surface area contributed by atoms with Crippen LogP contribution in [0.15, 0.2) is 29.3 Å². The van der Waals surface area contributed by atoms with Crippen LogP contribution in [-0.2, 0) is 0 Å². The van der Waals surface area contributed by atoms with Crippen molar-refractivity contribution in [3.05, 3.63) is 34.8 Å². The van der Waals surface area contributed by atoms with Crippen molar-refractivity contribution in [2.45, 2.75) is 18.4 Å². The number of nitrogens with one attached hydrogen (secondary N) is 1. The van der Waals surface area contributed by atoms with Crippen LogP contribution in [0.4, 0.5) is 0 Å². The average Bonchev–Trinajstić information content (AvgIpc) is 2.70. The lowest BCUT2D eigenvalue weighted by Gasteiger charge is -2.25. The van der Waals surface area contributed by atoms with Gasteiger partial charge >= 0.3 is 0 Å². The van der Waals surface area contributed by atoms with Crippen molar-refractivity contribution in [2.24, 2.45) is 4.99 Å². The molecule has 72 valence electrons. The second-order valence-electron chi connectivity index (χ2n) is 4.03. The Hall–Kier alpha value is -1.15. The lowest BCUT2D eigenvalue weighted by atomic mass is 9.94. The summed E-state index contributed by atoms with van der Waals surface area (Å²) in [6, 6.07) is 8.06. The van der Waals surface area contributed by atoms with Gasteiger partial charge in [0.1, 0.15) is 0 Å². The van der Waals surface area contributed by atoms with E-state index in [9.17, 15) is 0 Å². The molecule has 0 amide bonds. The van der Waals surface area contributed by atoms with Gasteiger partial charge in [-0.1, -0.05) is 24.3 Å². The Kier molecular flexibility index (Phi) is 1.50. The fourth-order valence-corrected chi connectivity index (χ4v) is 2.25. The Morgan fingerprint density at radius 3 is 3.21 bits per heavy atom. The molecule has 1 spiro atoms. The maximum atomic E-state index is 8.09. The number of rotatable bonds is 0. The van der Waals surface area contributed by atoms with Gasteiger partial charge < -0.3 is 5.32 Å². The van der Waals surface area contributed by atoms with Gasteiger partial charge in [0, 0.05) is 0 Å². The summed E-state index contributed by atoms with van der Waals surface area (Å²) in [7, 11) is 0. The first-order valence-electron chi connectivity index (χ1n) is 5.71. The van der Waals surface area contributed by atoms with Crippen LogP contribution in [0.25, 0.3) is 6.08 Å². The third kappa shape index (κ3) is 1.18. The molecule has 0 bridgehead atoms. The summed E-state index contributed by atoms with van der Waals surface area (Å²) in [6.07, 6.45) is 4.36. The highest BCUT2D eigenvalue weighted by molar-refractivity contribution is 5.40. The van der Waals surface area contributed by atoms with Crippen LogP contribution >= 0.6 is 0 Å². The van der Waals surface area contributed by atoms with E-state index in [1.54, 1.807) is 0 Å². The molecular weight excluding hydrogens is 172 g/mol. The normalized spacial score (nSPS) is 35.7. The second kappa shape index (κ2) is 2.92. The molecule has 2 aliphatic rings. The largest absolute Gasteiger partial charge is 0.306 e. The molecule has 2 heteroatoms. The van der Waals surface area contributed by atoms with Crippen molar-refractivity contribution in [2.75, 3.05) is 13.1 Å². The third-order valence-corrected chi connectivity index (χ3v) is 3.01. The molecule has 2 aliphatic heterocycles. The van der Waals surface area contributed by atoms with Crippen molar-refractivity contribution in [1.29, 1.82) is 0 Å². The van der Waals surface area contributed by atoms with Crippen molar-refractivity contribution >= 4 is 6.08 Å². The number of benzene rings is 1. The van der Waals surface area contributed by atoms with Crippen LogP contribution in [0.3, 0.4) is 0 Å². The maximum Gasteiger partial charge on any atom is 0.0645 e. The lowest BCUT2D eigenvalue weighted by Crippen LogP contribution is -2.47. The second-order valence-corrected chi connectivity index (χ2v) is 4.03. The van der Waals surface area contributed by atoms with E-state index >= 15 is 0 Å². The van der Waals surface area contributed by atoms with E-state index in [0.29, 0.717) is 0 Å². The van der Waals surface area contributed by atoms with Crippen molar-refractivity contribution in [3.63, 3.8) is 0 Å². The van der Waals surface area contributed by atoms with Crippen molar-refractivity contribution in [1.82, 2.24) is 5.32 Å². The van der Waals surface area contributed by atoms with Crippen molar-refractivity contribution in [3.8, 4) is 0 Å². The molecule has 3 rings (SSSR count). The SMILES string of the molecule is [2H]C1N=c2ccccc2=CC12CCCN2. The first-order valence-corrected chi connectivity index (χ1v) is 5.13. The highest BCUT2D eigenvalue weighted by atomic mass is 15.0. The van der Waals surface area contributed by atoms with E-state index in [0.717, 1.165) is 30.0 Å². The zero-order chi connectivity index (χ0) is 10.3. The van der Waals surface area contributed by atoms with Gasteiger partial charge in [-0.25, -0.2) is 0 Å². The van der Waals surface area contributed by atoms with Gasteiger partial charge in [0.25, 0.3) is 0 Å². The molecule has 1 N–H and O–H groups in total. The highest BCUT2D eigenvalue weighted by Crippen LogP contribution is 2.21. The molecule has 0 aliphatic carbocycles. The van der Waals surface area contributed by atoms with Crippen molar-refractivity contribution < 1.29 is 1.37 Å². The van der Waals surface area contributed by atoms with Crippen LogP contribution in [-0.4, -0.2) is 18.6 Å². The summed E-state index contributed by atoms with van der Waals surface area (Å²) in [6.45, 7) is 0.610. The van der Waals surface area contributed by atoms with Gasteiger partial charge in [0.2, 0.25) is 0 Å². The Bertz CT molecular complexity index is 489. The third-order valence-electron chi connectivity index (χ3n) is 3.01. The number of nitrogens with zero attached hydrogens (tertiary/aromatic N) is 1. The van der Waals surface area contributed by atoms with Gasteiger partial charge in [0.15, 0.2) is 0 Å². The molecule has 1 aromatic rings. The van der Waals surface area contributed by atoms with Gasteiger partial charge in [-0.05, 0) is 30.7 Å². The zero-order valence-corrected chi connectivity index (χ0v) is 8.03. The topological polar surface area (TPSA) is 24.4 Å². The average molecular weight is 187 g/mol. The minimum atomic E-state index is -0.394. The smallest absolute Gasteiger partial charge is 0.0645 e. The molecule has 14 heavy (non-hydrogen) atoms. The molecule has 1 saturated heterocycles. The van der Waals surface area contributed by atoms with E-state index in [2.05, 4.69) is 22.5 Å². The molecule has 2 atom stereocenters. The van der Waals surface area contributed by atoms with Gasteiger partial charge in [-0.2, -0.15) is 0 Å². The van der Waals surface area contributed by atoms with E-state index in [1.165, 1.54) is 0 Å². The van der Waals surface area contributed by atoms with Crippen LogP contribution in [0.5, 0.6) is 0 Å². The summed E-state index contributed by atoms with van der Waals surface area (Å²) in [5.74, 6) is 0. The van der Waals surface area contributed by atoms with E-state index in [4.69, 9.17) is 1.37 Å². The van der Waals surface area contributed by atoms with E-state index in [1.807, 2.05) is 18.2 Å². The summed E-state index contributed by atoms with van der Waals surface area (Å²) < 4.78 is 8.09. The Morgan fingerprint density at radius 2 is 2.36 bits per heavy atom. The fraction of sp³-hybridized carbons (Fsp3) is 0.417. The number of hydrogen-bond donors (Lipinski definition) is 1. The summed E-state index contributed by atoms with van der Waals surface area (Å²) in [5, 5.41) is 5.54. The Morgan fingerprint density at radius 1 is 1.43 bits per heavy atom. The van der Waals surface area contributed by atoms with E-state index < -0.39 is 6.52 Å². The molecular formula is C12H14N2. The monoisotopic (exact) mass is 187 g/mol. The minimum Gasteiger partial charge on any atom is -0.306 e. The van der Waals surface area contributed by atoms with Gasteiger partial charge in [0.05, 0.1) is 18.8 Å². The minimum absolute atomic E-state index is 0.200. The van der Waals surface area contributed by atoms with Crippen LogP contribution in [0, 0.1) is 0 Å². The van der Waals surface area contributed by atoms with Crippen LogP contribution < -0.4 is 15.9 Å². The molecule has 1 aromatic carbocycles. The van der Waals surface area contributed by atoms with Crippen LogP contribution in [0.1, 0.15) is 14.2 Å². The lowest BCUT2D eigenvalue weighted by molar-refractivity contribution is 0.500. The standard InChI is InChI=1S/C12H14N2/c1-2-5-11-10(4-1)8-12(9-13-11)6-3-7-14-12/h1-2,4-5,8,14H,3,6-7,9H2/i9D. The summed E-state index contributed by atoms with van der Waals surface area (Å²) >= 11 is 0. The number of hydrogen-bond acceptors (Lipinski definition) is 2. The predicted molar refractivity (Wildman–Crippen MR) is 56.5 cm³/mol. The maximum absolute atomic E-state index is 8.09. The number of para-hydroxylation sites is 1. The molecule has 1 fully saturated rings. The Labute approximate surface area is 84.8 Å². The number of fused-ring (bicyclic) bond motifs is 1. The van der Waals surface area contributed by atoms with E-state index in [-0.39, 0.29) is 5.54 Å². The molecule has 0 aromatic heterocycles. The summed E-state index contributed by atoms with van der Waals surface area (Å²) in [4.78, 5) is 4.45. The molecule has 0 saturated carbocycles. The quantitative estimate of drug-likeness (QED) is 0.617. The molecule has 2 nitrogen and oxygen atoms in total. The highest BCUT2D eigenvalue weighted by Gasteiger charge is 2.31. The van der Waals surface area contributed by atoms with Crippen LogP contribution in [0.2, 0.25) is 0 Å². The molecule has 0 radical (unpaired) electrons. The first kappa shape index (κ1) is 7.18. The molecule has 2 heterocycles. The Balaban J connectivity index is 2.21. The summed E-state index contributed by atoms with van der Waals surface area (Å²) in [5.41, 5.74) is -0.200.